The fourth-order valence-electron chi connectivity index (χ4n) is 3.36. The minimum Gasteiger partial charge on any atom is -0.367 e. The maximum absolute atomic E-state index is 12.6. The van der Waals surface area contributed by atoms with E-state index < -0.39 is 0 Å². The van der Waals surface area contributed by atoms with Gasteiger partial charge in [0.2, 0.25) is 5.91 Å². The van der Waals surface area contributed by atoms with Crippen LogP contribution in [0.3, 0.4) is 0 Å². The molecule has 1 saturated heterocycles. The van der Waals surface area contributed by atoms with E-state index in [0.717, 1.165) is 37.2 Å². The van der Waals surface area contributed by atoms with Crippen LogP contribution in [0.15, 0.2) is 42.7 Å². The summed E-state index contributed by atoms with van der Waals surface area (Å²) >= 11 is 0. The second-order valence-electron chi connectivity index (χ2n) is 6.89. The van der Waals surface area contributed by atoms with Crippen LogP contribution in [0.2, 0.25) is 0 Å². The van der Waals surface area contributed by atoms with Crippen molar-refractivity contribution in [2.45, 2.75) is 31.8 Å². The first kappa shape index (κ1) is 17.5. The number of hydrogen-bond donors (Lipinski definition) is 2. The first-order valence-electron chi connectivity index (χ1n) is 8.89. The van der Waals surface area contributed by atoms with Gasteiger partial charge in [0.05, 0.1) is 17.8 Å². The van der Waals surface area contributed by atoms with E-state index in [2.05, 4.69) is 15.3 Å². The number of aromatic nitrogens is 2. The average molecular weight is 341 g/mol. The molecule has 1 aromatic carbocycles. The van der Waals surface area contributed by atoms with Crippen LogP contribution < -0.4 is 16.0 Å². The number of nitrogens with zero attached hydrogens (tertiary/aromatic N) is 3. The number of amides is 1. The van der Waals surface area contributed by atoms with Crippen molar-refractivity contribution in [2.75, 3.05) is 18.0 Å². The zero-order valence-electron chi connectivity index (χ0n) is 14.9. The molecule has 3 rings (SSSR count). The summed E-state index contributed by atoms with van der Waals surface area (Å²) in [4.78, 5) is 14.9. The van der Waals surface area contributed by atoms with E-state index >= 15 is 0 Å². The van der Waals surface area contributed by atoms with Gasteiger partial charge in [0.15, 0.2) is 0 Å². The topological polar surface area (TPSA) is 76.2 Å². The van der Waals surface area contributed by atoms with Crippen LogP contribution in [0.25, 0.3) is 0 Å². The number of rotatable bonds is 5. The standard InChI is InChI=1S/C19H27N5O/c1-14(18(20)15-7-4-3-5-8-15)19(25)22-16-9-6-10-24(12-16)17-11-21-23(2)13-17/h3-5,7-8,11,13-14,16,18H,6,9-10,12,20H2,1-2H3,(H,22,25). The average Bonchev–Trinajstić information content (AvgIpc) is 3.08. The van der Waals surface area contributed by atoms with Crippen LogP contribution in [-0.4, -0.2) is 34.8 Å². The largest absolute Gasteiger partial charge is 0.367 e. The predicted molar refractivity (Wildman–Crippen MR) is 99.1 cm³/mol. The Balaban J connectivity index is 1.58. The van der Waals surface area contributed by atoms with Gasteiger partial charge in [0.25, 0.3) is 0 Å². The number of piperidine rings is 1. The highest BCUT2D eigenvalue weighted by atomic mass is 16.2. The number of anilines is 1. The molecule has 0 saturated carbocycles. The number of carbonyl (C=O) groups excluding carboxylic acids is 1. The van der Waals surface area contributed by atoms with Crippen LogP contribution in [-0.2, 0) is 11.8 Å². The normalized spacial score (nSPS) is 20.1. The number of aryl methyl sites for hydroxylation is 1. The lowest BCUT2D eigenvalue weighted by atomic mass is 9.94. The first-order valence-corrected chi connectivity index (χ1v) is 8.89. The number of carbonyl (C=O) groups is 1. The van der Waals surface area contributed by atoms with Gasteiger partial charge in [0.1, 0.15) is 0 Å². The van der Waals surface area contributed by atoms with Crippen molar-refractivity contribution in [2.24, 2.45) is 18.7 Å². The summed E-state index contributed by atoms with van der Waals surface area (Å²) in [6, 6.07) is 9.65. The monoisotopic (exact) mass is 341 g/mol. The molecule has 1 fully saturated rings. The van der Waals surface area contributed by atoms with Gasteiger partial charge >= 0.3 is 0 Å². The molecule has 3 unspecified atom stereocenters. The molecule has 1 amide bonds. The molecule has 0 spiro atoms. The molecular formula is C19H27N5O. The Labute approximate surface area is 149 Å². The molecule has 0 radical (unpaired) electrons. The maximum Gasteiger partial charge on any atom is 0.225 e. The Kier molecular flexibility index (Phi) is 5.38. The van der Waals surface area contributed by atoms with Crippen molar-refractivity contribution in [3.63, 3.8) is 0 Å². The minimum atomic E-state index is -0.292. The molecule has 1 aromatic heterocycles. The van der Waals surface area contributed by atoms with Crippen LogP contribution in [0.1, 0.15) is 31.4 Å². The summed E-state index contributed by atoms with van der Waals surface area (Å²) in [7, 11) is 1.92. The smallest absolute Gasteiger partial charge is 0.225 e. The molecule has 134 valence electrons. The van der Waals surface area contributed by atoms with Gasteiger partial charge in [0, 0.05) is 38.4 Å². The second-order valence-corrected chi connectivity index (χ2v) is 6.89. The van der Waals surface area contributed by atoms with Gasteiger partial charge in [-0.1, -0.05) is 37.3 Å². The third-order valence-electron chi connectivity index (χ3n) is 4.96. The summed E-state index contributed by atoms with van der Waals surface area (Å²) in [6.45, 7) is 3.70. The van der Waals surface area contributed by atoms with Gasteiger partial charge in [-0.2, -0.15) is 5.10 Å². The SMILES string of the molecule is CC(C(=O)NC1CCCN(c2cnn(C)c2)C1)C(N)c1ccccc1. The lowest BCUT2D eigenvalue weighted by Gasteiger charge is -2.34. The lowest BCUT2D eigenvalue weighted by Crippen LogP contribution is -2.50. The predicted octanol–water partition coefficient (Wildman–Crippen LogP) is 1.84. The second kappa shape index (κ2) is 7.70. The summed E-state index contributed by atoms with van der Waals surface area (Å²) < 4.78 is 1.80. The van der Waals surface area contributed by atoms with Gasteiger partial charge in [-0.15, -0.1) is 0 Å². The molecule has 1 aliphatic rings. The van der Waals surface area contributed by atoms with E-state index in [9.17, 15) is 4.79 Å². The zero-order valence-corrected chi connectivity index (χ0v) is 14.9. The highest BCUT2D eigenvalue weighted by molar-refractivity contribution is 5.79. The number of nitrogens with two attached hydrogens (primary N) is 1. The van der Waals surface area contributed by atoms with E-state index in [1.54, 1.807) is 4.68 Å². The minimum absolute atomic E-state index is 0.0226. The van der Waals surface area contributed by atoms with Crippen LogP contribution in [0.5, 0.6) is 0 Å². The quantitative estimate of drug-likeness (QED) is 0.870. The van der Waals surface area contributed by atoms with E-state index in [1.165, 1.54) is 0 Å². The van der Waals surface area contributed by atoms with Crippen molar-refractivity contribution in [1.82, 2.24) is 15.1 Å². The van der Waals surface area contributed by atoms with E-state index in [1.807, 2.05) is 56.7 Å². The highest BCUT2D eigenvalue weighted by Gasteiger charge is 2.27. The van der Waals surface area contributed by atoms with Gasteiger partial charge in [-0.05, 0) is 18.4 Å². The van der Waals surface area contributed by atoms with Crippen LogP contribution in [0.4, 0.5) is 5.69 Å². The van der Waals surface area contributed by atoms with Crippen LogP contribution in [0, 0.1) is 5.92 Å². The maximum atomic E-state index is 12.6. The third-order valence-corrected chi connectivity index (χ3v) is 4.96. The molecule has 3 atom stereocenters. The molecule has 2 aromatic rings. The van der Waals surface area contributed by atoms with E-state index in [-0.39, 0.29) is 23.9 Å². The zero-order chi connectivity index (χ0) is 17.8. The van der Waals surface area contributed by atoms with Gasteiger partial charge in [-0.3, -0.25) is 9.48 Å². The number of benzene rings is 1. The number of hydrogen-bond acceptors (Lipinski definition) is 4. The first-order chi connectivity index (χ1) is 12.0. The molecule has 6 heteroatoms. The molecule has 3 N–H and O–H groups in total. The lowest BCUT2D eigenvalue weighted by molar-refractivity contribution is -0.125. The summed E-state index contributed by atoms with van der Waals surface area (Å²) in [5.74, 6) is -0.245. The summed E-state index contributed by atoms with van der Waals surface area (Å²) in [6.07, 6.45) is 5.94. The van der Waals surface area contributed by atoms with Crippen LogP contribution >= 0.6 is 0 Å². The Morgan fingerprint density at radius 1 is 1.36 bits per heavy atom. The Hall–Kier alpha value is -2.34. The Bertz CT molecular complexity index is 699. The Morgan fingerprint density at radius 2 is 2.12 bits per heavy atom. The molecule has 6 nitrogen and oxygen atoms in total. The van der Waals surface area contributed by atoms with Gasteiger partial charge in [-0.25, -0.2) is 0 Å². The van der Waals surface area contributed by atoms with Crippen molar-refractivity contribution >= 4 is 11.6 Å². The van der Waals surface area contributed by atoms with Crippen molar-refractivity contribution < 1.29 is 4.79 Å². The summed E-state index contributed by atoms with van der Waals surface area (Å²) in [5.41, 5.74) is 8.38. The van der Waals surface area contributed by atoms with E-state index in [0.29, 0.717) is 0 Å². The van der Waals surface area contributed by atoms with Gasteiger partial charge < -0.3 is 16.0 Å². The molecule has 2 heterocycles. The van der Waals surface area contributed by atoms with Crippen molar-refractivity contribution in [1.29, 1.82) is 0 Å². The third kappa shape index (κ3) is 4.20. The molecular weight excluding hydrogens is 314 g/mol. The van der Waals surface area contributed by atoms with E-state index in [4.69, 9.17) is 5.73 Å². The highest BCUT2D eigenvalue weighted by Crippen LogP contribution is 2.22. The fraction of sp³-hybridized carbons (Fsp3) is 0.474. The summed E-state index contributed by atoms with van der Waals surface area (Å²) in [5, 5.41) is 7.42. The molecule has 1 aliphatic heterocycles. The Morgan fingerprint density at radius 3 is 2.80 bits per heavy atom. The number of nitrogens with one attached hydrogen (secondary N) is 1. The van der Waals surface area contributed by atoms with Crippen molar-refractivity contribution in [3.05, 3.63) is 48.3 Å². The molecule has 0 aliphatic carbocycles. The van der Waals surface area contributed by atoms with Crippen molar-refractivity contribution in [3.8, 4) is 0 Å². The molecule has 0 bridgehead atoms. The molecule has 25 heavy (non-hydrogen) atoms. The fourth-order valence-corrected chi connectivity index (χ4v) is 3.36.